The highest BCUT2D eigenvalue weighted by molar-refractivity contribution is 7.21. The Balaban J connectivity index is 1.40. The van der Waals surface area contributed by atoms with Gasteiger partial charge in [-0.05, 0) is 50.5 Å². The molecule has 7 nitrogen and oxygen atoms in total. The van der Waals surface area contributed by atoms with Crippen LogP contribution in [0.15, 0.2) is 23.6 Å². The van der Waals surface area contributed by atoms with Crippen LogP contribution in [0.4, 0.5) is 5.13 Å². The molecule has 3 aromatic heterocycles. The number of methoxy groups -OCH3 is 2. The summed E-state index contributed by atoms with van der Waals surface area (Å²) in [7, 11) is 3.20. The number of hydrogen-bond donors (Lipinski definition) is 1. The van der Waals surface area contributed by atoms with Crippen molar-refractivity contribution in [1.29, 1.82) is 0 Å². The van der Waals surface area contributed by atoms with Crippen molar-refractivity contribution < 1.29 is 14.3 Å². The van der Waals surface area contributed by atoms with E-state index in [0.717, 1.165) is 51.4 Å². The summed E-state index contributed by atoms with van der Waals surface area (Å²) in [6.45, 7) is 3.95. The first kappa shape index (κ1) is 20.8. The van der Waals surface area contributed by atoms with Crippen molar-refractivity contribution >= 4 is 43.9 Å². The van der Waals surface area contributed by atoms with E-state index in [2.05, 4.69) is 15.3 Å². The van der Waals surface area contributed by atoms with Crippen LogP contribution in [0.3, 0.4) is 0 Å². The van der Waals surface area contributed by atoms with Gasteiger partial charge in [0.15, 0.2) is 16.6 Å². The minimum Gasteiger partial charge on any atom is -0.493 e. The van der Waals surface area contributed by atoms with Gasteiger partial charge in [-0.15, -0.1) is 22.7 Å². The van der Waals surface area contributed by atoms with Gasteiger partial charge in [-0.25, -0.2) is 15.0 Å². The fourth-order valence-electron chi connectivity index (χ4n) is 3.71. The van der Waals surface area contributed by atoms with E-state index in [1.165, 1.54) is 22.7 Å². The summed E-state index contributed by atoms with van der Waals surface area (Å²) in [5, 5.41) is 6.38. The number of nitrogens with zero attached hydrogens (tertiary/aromatic N) is 3. The number of carbonyl (C=O) groups is 1. The summed E-state index contributed by atoms with van der Waals surface area (Å²) < 4.78 is 10.7. The lowest BCUT2D eigenvalue weighted by molar-refractivity contribution is 0.103. The summed E-state index contributed by atoms with van der Waals surface area (Å²) >= 11 is 2.80. The van der Waals surface area contributed by atoms with Gasteiger partial charge in [0.1, 0.15) is 10.7 Å². The molecule has 0 saturated heterocycles. The number of aromatic nitrogens is 3. The Hall–Kier alpha value is -3.04. The monoisotopic (exact) mass is 466 g/mol. The Bertz CT molecular complexity index is 1340. The lowest BCUT2D eigenvalue weighted by Crippen LogP contribution is -2.11. The summed E-state index contributed by atoms with van der Waals surface area (Å²) in [6, 6.07) is 5.62. The lowest BCUT2D eigenvalue weighted by atomic mass is 10.1. The molecule has 0 atom stereocenters. The first-order valence-corrected chi connectivity index (χ1v) is 11.9. The number of ether oxygens (including phenoxy) is 2. The minimum atomic E-state index is -0.175. The van der Waals surface area contributed by atoms with Crippen LogP contribution in [0.25, 0.3) is 21.5 Å². The zero-order chi connectivity index (χ0) is 22.4. The van der Waals surface area contributed by atoms with Gasteiger partial charge in [-0.2, -0.15) is 0 Å². The fraction of sp³-hybridized carbons (Fsp3) is 0.304. The van der Waals surface area contributed by atoms with Gasteiger partial charge in [0.05, 0.1) is 30.5 Å². The van der Waals surface area contributed by atoms with E-state index in [-0.39, 0.29) is 5.91 Å². The molecule has 1 N–H and O–H groups in total. The first-order chi connectivity index (χ1) is 15.5. The highest BCUT2D eigenvalue weighted by Crippen LogP contribution is 2.40. The SMILES string of the molecule is COc1ccc(-c2csc(NC(=O)c3sc4nc(C5CC5)nc(C)c4c3C)n2)cc1OC. The van der Waals surface area contributed by atoms with Crippen LogP contribution in [0.1, 0.15) is 45.5 Å². The van der Waals surface area contributed by atoms with Gasteiger partial charge in [-0.3, -0.25) is 10.1 Å². The molecule has 1 amide bonds. The number of benzene rings is 1. The predicted molar refractivity (Wildman–Crippen MR) is 127 cm³/mol. The Morgan fingerprint density at radius 2 is 1.88 bits per heavy atom. The van der Waals surface area contributed by atoms with Crippen LogP contribution in [-0.4, -0.2) is 35.1 Å². The van der Waals surface area contributed by atoms with E-state index in [0.29, 0.717) is 27.4 Å². The minimum absolute atomic E-state index is 0.175. The van der Waals surface area contributed by atoms with Gasteiger partial charge in [0.25, 0.3) is 5.91 Å². The molecule has 1 aromatic carbocycles. The van der Waals surface area contributed by atoms with Crippen LogP contribution >= 0.6 is 22.7 Å². The van der Waals surface area contributed by atoms with Gasteiger partial charge >= 0.3 is 0 Å². The standard InChI is InChI=1S/C23H22N4O3S2/c1-11-18-12(2)24-20(13-5-6-13)26-22(18)32-19(11)21(28)27-23-25-15(10-31-23)14-7-8-16(29-3)17(9-14)30-4/h7-10,13H,5-6H2,1-4H3,(H,25,27,28). The van der Waals surface area contributed by atoms with Crippen LogP contribution in [-0.2, 0) is 0 Å². The van der Waals surface area contributed by atoms with E-state index < -0.39 is 0 Å². The Kier molecular flexibility index (Phi) is 5.30. The number of nitrogens with one attached hydrogen (secondary N) is 1. The van der Waals surface area contributed by atoms with Gasteiger partial charge in [0.2, 0.25) is 0 Å². The van der Waals surface area contributed by atoms with Crippen molar-refractivity contribution in [3.8, 4) is 22.8 Å². The number of thiophene rings is 1. The molecule has 5 rings (SSSR count). The topological polar surface area (TPSA) is 86.2 Å². The maximum atomic E-state index is 13.1. The van der Waals surface area contributed by atoms with Crippen LogP contribution in [0.5, 0.6) is 11.5 Å². The number of amides is 1. The third-order valence-corrected chi connectivity index (χ3v) is 7.48. The highest BCUT2D eigenvalue weighted by Gasteiger charge is 2.28. The Morgan fingerprint density at radius 1 is 1.09 bits per heavy atom. The molecule has 0 radical (unpaired) electrons. The quantitative estimate of drug-likeness (QED) is 0.399. The lowest BCUT2D eigenvalue weighted by Gasteiger charge is -2.08. The van der Waals surface area contributed by atoms with Gasteiger partial charge in [0, 0.05) is 22.2 Å². The number of hydrogen-bond acceptors (Lipinski definition) is 8. The summed E-state index contributed by atoms with van der Waals surface area (Å²) in [5.41, 5.74) is 3.50. The van der Waals surface area contributed by atoms with E-state index in [9.17, 15) is 4.79 Å². The number of thiazole rings is 1. The second-order valence-corrected chi connectivity index (χ2v) is 9.60. The summed E-state index contributed by atoms with van der Waals surface area (Å²) in [5.74, 6) is 2.49. The normalized spacial score (nSPS) is 13.4. The van der Waals surface area contributed by atoms with Crippen LogP contribution < -0.4 is 14.8 Å². The largest absolute Gasteiger partial charge is 0.493 e. The number of aryl methyl sites for hydroxylation is 2. The molecule has 164 valence electrons. The molecule has 1 fully saturated rings. The van der Waals surface area contributed by atoms with E-state index in [4.69, 9.17) is 14.5 Å². The maximum absolute atomic E-state index is 13.1. The summed E-state index contributed by atoms with van der Waals surface area (Å²) in [6.07, 6.45) is 2.30. The Labute approximate surface area is 193 Å². The molecule has 9 heteroatoms. The zero-order valence-electron chi connectivity index (χ0n) is 18.2. The average molecular weight is 467 g/mol. The molecule has 4 aromatic rings. The predicted octanol–water partition coefficient (Wildman–Crippen LogP) is 5.58. The number of anilines is 1. The molecule has 1 saturated carbocycles. The first-order valence-electron chi connectivity index (χ1n) is 10.3. The van der Waals surface area contributed by atoms with Crippen LogP contribution in [0, 0.1) is 13.8 Å². The molecule has 1 aliphatic rings. The Morgan fingerprint density at radius 3 is 2.59 bits per heavy atom. The number of carbonyl (C=O) groups excluding carboxylic acids is 1. The summed E-state index contributed by atoms with van der Waals surface area (Å²) in [4.78, 5) is 28.6. The maximum Gasteiger partial charge on any atom is 0.267 e. The number of rotatable bonds is 6. The van der Waals surface area contributed by atoms with Crippen molar-refractivity contribution in [3.63, 3.8) is 0 Å². The van der Waals surface area contributed by atoms with Crippen molar-refractivity contribution in [2.45, 2.75) is 32.6 Å². The fourth-order valence-corrected chi connectivity index (χ4v) is 5.56. The second kappa shape index (κ2) is 8.14. The highest BCUT2D eigenvalue weighted by atomic mass is 32.1. The smallest absolute Gasteiger partial charge is 0.267 e. The van der Waals surface area contributed by atoms with Crippen molar-refractivity contribution in [3.05, 3.63) is 45.5 Å². The van der Waals surface area contributed by atoms with E-state index in [1.54, 1.807) is 14.2 Å². The molecule has 32 heavy (non-hydrogen) atoms. The second-order valence-electron chi connectivity index (χ2n) is 7.74. The molecule has 0 unspecified atom stereocenters. The van der Waals surface area contributed by atoms with E-state index >= 15 is 0 Å². The third-order valence-electron chi connectivity index (χ3n) is 5.54. The van der Waals surface area contributed by atoms with Crippen molar-refractivity contribution in [2.24, 2.45) is 0 Å². The molecule has 0 aliphatic heterocycles. The molecule has 0 bridgehead atoms. The third kappa shape index (κ3) is 3.71. The van der Waals surface area contributed by atoms with Gasteiger partial charge in [-0.1, -0.05) is 0 Å². The molecule has 1 aliphatic carbocycles. The molecular weight excluding hydrogens is 444 g/mol. The molecular formula is C23H22N4O3S2. The van der Waals surface area contributed by atoms with Crippen LogP contribution in [0.2, 0.25) is 0 Å². The van der Waals surface area contributed by atoms with Gasteiger partial charge < -0.3 is 9.47 Å². The van der Waals surface area contributed by atoms with Crippen molar-refractivity contribution in [2.75, 3.05) is 19.5 Å². The van der Waals surface area contributed by atoms with Crippen molar-refractivity contribution in [1.82, 2.24) is 15.0 Å². The van der Waals surface area contributed by atoms with E-state index in [1.807, 2.05) is 37.4 Å². The molecule has 0 spiro atoms. The number of fused-ring (bicyclic) bond motifs is 1. The molecule has 3 heterocycles. The zero-order valence-corrected chi connectivity index (χ0v) is 19.8. The average Bonchev–Trinajstić information content (AvgIpc) is 3.45.